The summed E-state index contributed by atoms with van der Waals surface area (Å²) in [5.74, 6) is 1.44. The van der Waals surface area contributed by atoms with Gasteiger partial charge in [0.05, 0.1) is 11.1 Å². The molecule has 0 fully saturated rings. The summed E-state index contributed by atoms with van der Waals surface area (Å²) in [4.78, 5) is 0. The lowest BCUT2D eigenvalue weighted by atomic mass is 10.2. The normalized spacial score (nSPS) is 12.5. The lowest BCUT2D eigenvalue weighted by Crippen LogP contribution is -2.21. The van der Waals surface area contributed by atoms with Crippen molar-refractivity contribution in [3.8, 4) is 5.75 Å². The maximum Gasteiger partial charge on any atom is 0.133 e. The van der Waals surface area contributed by atoms with Gasteiger partial charge in [0.25, 0.3) is 0 Å². The molecule has 1 aromatic carbocycles. The van der Waals surface area contributed by atoms with E-state index in [0.29, 0.717) is 5.92 Å². The molecule has 1 atom stereocenters. The molecule has 84 valence electrons. The summed E-state index contributed by atoms with van der Waals surface area (Å²) in [6.45, 7) is 5.95. The van der Waals surface area contributed by atoms with Gasteiger partial charge in [-0.1, -0.05) is 13.0 Å². The van der Waals surface area contributed by atoms with E-state index < -0.39 is 0 Å². The van der Waals surface area contributed by atoms with Crippen LogP contribution in [0.25, 0.3) is 0 Å². The van der Waals surface area contributed by atoms with E-state index in [1.54, 1.807) is 0 Å². The number of ether oxygens (including phenoxy) is 1. The van der Waals surface area contributed by atoms with Crippen molar-refractivity contribution in [1.29, 1.82) is 0 Å². The summed E-state index contributed by atoms with van der Waals surface area (Å²) >= 11 is 3.50. The fourth-order valence-corrected chi connectivity index (χ4v) is 1.97. The minimum atomic E-state index is 0.517. The van der Waals surface area contributed by atoms with E-state index in [1.165, 1.54) is 5.56 Å². The molecule has 0 bridgehead atoms. The fraction of sp³-hybridized carbons (Fsp3) is 0.500. The second-order valence-electron chi connectivity index (χ2n) is 3.91. The number of benzene rings is 1. The van der Waals surface area contributed by atoms with Gasteiger partial charge < -0.3 is 10.1 Å². The Balaban J connectivity index is 2.50. The molecule has 1 rings (SSSR count). The van der Waals surface area contributed by atoms with E-state index in [4.69, 9.17) is 4.74 Å². The van der Waals surface area contributed by atoms with Crippen LogP contribution in [0.1, 0.15) is 12.5 Å². The number of rotatable bonds is 5. The Morgan fingerprint density at radius 3 is 2.80 bits per heavy atom. The highest BCUT2D eigenvalue weighted by Gasteiger charge is 2.04. The SMILES string of the molecule is CNCC(C)COc1ccc(C)cc1Br. The van der Waals surface area contributed by atoms with Gasteiger partial charge in [-0.3, -0.25) is 0 Å². The molecule has 0 amide bonds. The highest BCUT2D eigenvalue weighted by atomic mass is 79.9. The van der Waals surface area contributed by atoms with Gasteiger partial charge >= 0.3 is 0 Å². The van der Waals surface area contributed by atoms with Crippen molar-refractivity contribution in [3.63, 3.8) is 0 Å². The lowest BCUT2D eigenvalue weighted by Gasteiger charge is -2.13. The molecule has 2 nitrogen and oxygen atoms in total. The maximum absolute atomic E-state index is 5.72. The van der Waals surface area contributed by atoms with Crippen molar-refractivity contribution >= 4 is 15.9 Å². The van der Waals surface area contributed by atoms with Crippen LogP contribution >= 0.6 is 15.9 Å². The summed E-state index contributed by atoms with van der Waals surface area (Å²) in [5.41, 5.74) is 1.23. The summed E-state index contributed by atoms with van der Waals surface area (Å²) in [6, 6.07) is 6.13. The molecule has 1 aromatic rings. The second-order valence-corrected chi connectivity index (χ2v) is 4.76. The molecule has 0 aliphatic rings. The minimum Gasteiger partial charge on any atom is -0.492 e. The van der Waals surface area contributed by atoms with E-state index >= 15 is 0 Å². The summed E-state index contributed by atoms with van der Waals surface area (Å²) in [6.07, 6.45) is 0. The summed E-state index contributed by atoms with van der Waals surface area (Å²) in [7, 11) is 1.96. The van der Waals surface area contributed by atoms with Crippen molar-refractivity contribution in [2.24, 2.45) is 5.92 Å². The zero-order chi connectivity index (χ0) is 11.3. The molecule has 1 unspecified atom stereocenters. The average Bonchev–Trinajstić information content (AvgIpc) is 2.17. The van der Waals surface area contributed by atoms with Crippen LogP contribution in [0.3, 0.4) is 0 Å². The van der Waals surface area contributed by atoms with E-state index in [0.717, 1.165) is 23.4 Å². The molecule has 0 aromatic heterocycles. The van der Waals surface area contributed by atoms with Gasteiger partial charge in [0.1, 0.15) is 5.75 Å². The molecular formula is C12H18BrNO. The lowest BCUT2D eigenvalue weighted by molar-refractivity contribution is 0.256. The predicted molar refractivity (Wildman–Crippen MR) is 67.5 cm³/mol. The maximum atomic E-state index is 5.72. The molecule has 3 heteroatoms. The van der Waals surface area contributed by atoms with Crippen LogP contribution in [0.4, 0.5) is 0 Å². The van der Waals surface area contributed by atoms with Gasteiger partial charge in [0, 0.05) is 12.5 Å². The first kappa shape index (κ1) is 12.5. The number of nitrogens with one attached hydrogen (secondary N) is 1. The van der Waals surface area contributed by atoms with E-state index in [9.17, 15) is 0 Å². The zero-order valence-electron chi connectivity index (χ0n) is 9.51. The monoisotopic (exact) mass is 271 g/mol. The first-order chi connectivity index (χ1) is 7.13. The topological polar surface area (TPSA) is 21.3 Å². The standard InChI is InChI=1S/C12H18BrNO/c1-9-4-5-12(11(13)6-9)15-8-10(2)7-14-3/h4-6,10,14H,7-8H2,1-3H3. The third kappa shape index (κ3) is 4.22. The van der Waals surface area contributed by atoms with Crippen LogP contribution in [0.2, 0.25) is 0 Å². The molecule has 0 aliphatic carbocycles. The molecule has 0 saturated carbocycles. The van der Waals surface area contributed by atoms with Crippen molar-refractivity contribution in [1.82, 2.24) is 5.32 Å². The smallest absolute Gasteiger partial charge is 0.133 e. The summed E-state index contributed by atoms with van der Waals surface area (Å²) in [5, 5.41) is 3.14. The van der Waals surface area contributed by atoms with Gasteiger partial charge in [-0.15, -0.1) is 0 Å². The zero-order valence-corrected chi connectivity index (χ0v) is 11.1. The largest absolute Gasteiger partial charge is 0.492 e. The van der Waals surface area contributed by atoms with Crippen molar-refractivity contribution in [3.05, 3.63) is 28.2 Å². The molecule has 0 saturated heterocycles. The number of hydrogen-bond donors (Lipinski definition) is 1. The number of aryl methyl sites for hydroxylation is 1. The van der Waals surface area contributed by atoms with Gasteiger partial charge in [0.15, 0.2) is 0 Å². The van der Waals surface area contributed by atoms with Gasteiger partial charge in [-0.25, -0.2) is 0 Å². The Morgan fingerprint density at radius 2 is 2.20 bits per heavy atom. The fourth-order valence-electron chi connectivity index (χ4n) is 1.36. The Bertz CT molecular complexity index is 314. The van der Waals surface area contributed by atoms with E-state index in [1.807, 2.05) is 13.1 Å². The molecule has 15 heavy (non-hydrogen) atoms. The van der Waals surface area contributed by atoms with Crippen molar-refractivity contribution in [2.45, 2.75) is 13.8 Å². The van der Waals surface area contributed by atoms with Gasteiger partial charge in [0.2, 0.25) is 0 Å². The average molecular weight is 272 g/mol. The number of halogens is 1. The van der Waals surface area contributed by atoms with E-state index in [-0.39, 0.29) is 0 Å². The molecule has 0 spiro atoms. The minimum absolute atomic E-state index is 0.517. The first-order valence-electron chi connectivity index (χ1n) is 5.17. The van der Waals surface area contributed by atoms with E-state index in [2.05, 4.69) is 47.2 Å². The Morgan fingerprint density at radius 1 is 1.47 bits per heavy atom. The van der Waals surface area contributed by atoms with Crippen molar-refractivity contribution in [2.75, 3.05) is 20.2 Å². The van der Waals surface area contributed by atoms with Crippen LogP contribution in [0, 0.1) is 12.8 Å². The van der Waals surface area contributed by atoms with Crippen LogP contribution in [-0.2, 0) is 0 Å². The Hall–Kier alpha value is -0.540. The second kappa shape index (κ2) is 6.13. The third-order valence-electron chi connectivity index (χ3n) is 2.16. The molecule has 0 heterocycles. The number of hydrogen-bond acceptors (Lipinski definition) is 2. The Kier molecular flexibility index (Phi) is 5.12. The summed E-state index contributed by atoms with van der Waals surface area (Å²) < 4.78 is 6.75. The first-order valence-corrected chi connectivity index (χ1v) is 5.96. The third-order valence-corrected chi connectivity index (χ3v) is 2.78. The van der Waals surface area contributed by atoms with Crippen LogP contribution in [-0.4, -0.2) is 20.2 Å². The van der Waals surface area contributed by atoms with Crippen LogP contribution < -0.4 is 10.1 Å². The molecular weight excluding hydrogens is 254 g/mol. The quantitative estimate of drug-likeness (QED) is 0.889. The van der Waals surface area contributed by atoms with Crippen molar-refractivity contribution < 1.29 is 4.74 Å². The predicted octanol–water partition coefficient (Wildman–Crippen LogP) is 2.99. The molecule has 0 radical (unpaired) electrons. The van der Waals surface area contributed by atoms with Crippen LogP contribution in [0.15, 0.2) is 22.7 Å². The van der Waals surface area contributed by atoms with Gasteiger partial charge in [-0.05, 0) is 47.6 Å². The molecule has 0 aliphatic heterocycles. The van der Waals surface area contributed by atoms with Crippen LogP contribution in [0.5, 0.6) is 5.75 Å². The highest BCUT2D eigenvalue weighted by molar-refractivity contribution is 9.10. The highest BCUT2D eigenvalue weighted by Crippen LogP contribution is 2.25. The molecule has 1 N–H and O–H groups in total. The van der Waals surface area contributed by atoms with Gasteiger partial charge in [-0.2, -0.15) is 0 Å². The Labute approximate surface area is 100 Å².